The molecule has 0 heterocycles. The number of rotatable bonds is 1. The van der Waals surface area contributed by atoms with Crippen LogP contribution in [0.25, 0.3) is 0 Å². The summed E-state index contributed by atoms with van der Waals surface area (Å²) >= 11 is 0. The van der Waals surface area contributed by atoms with Crippen LogP contribution in [0.5, 0.6) is 0 Å². The summed E-state index contributed by atoms with van der Waals surface area (Å²) in [4.78, 5) is 0. The van der Waals surface area contributed by atoms with Gasteiger partial charge in [-0.2, -0.15) is 5.26 Å². The summed E-state index contributed by atoms with van der Waals surface area (Å²) in [7, 11) is 0. The summed E-state index contributed by atoms with van der Waals surface area (Å²) < 4.78 is 24.3. The van der Waals surface area contributed by atoms with Crippen molar-refractivity contribution in [1.82, 2.24) is 0 Å². The number of nitriles is 1. The highest BCUT2D eigenvalue weighted by atomic mass is 19.3. The van der Waals surface area contributed by atoms with Gasteiger partial charge in [0.2, 0.25) is 0 Å². The summed E-state index contributed by atoms with van der Waals surface area (Å²) in [6.07, 6.45) is -2.50. The van der Waals surface area contributed by atoms with E-state index in [9.17, 15) is 8.78 Å². The first-order chi connectivity index (χ1) is 5.63. The Kier molecular flexibility index (Phi) is 2.39. The van der Waals surface area contributed by atoms with Crippen LogP contribution in [0.1, 0.15) is 23.1 Å². The van der Waals surface area contributed by atoms with Gasteiger partial charge in [0, 0.05) is 5.56 Å². The lowest BCUT2D eigenvalue weighted by Gasteiger charge is -2.01. The minimum absolute atomic E-state index is 0.0912. The highest BCUT2D eigenvalue weighted by Gasteiger charge is 2.07. The number of halogens is 2. The maximum absolute atomic E-state index is 12.2. The van der Waals surface area contributed by atoms with Crippen molar-refractivity contribution >= 4 is 0 Å². The minimum Gasteiger partial charge on any atom is -0.205 e. The monoisotopic (exact) mass is 167 g/mol. The highest BCUT2D eigenvalue weighted by Crippen LogP contribution is 2.20. The molecule has 0 spiro atoms. The van der Waals surface area contributed by atoms with Crippen molar-refractivity contribution in [1.29, 1.82) is 5.26 Å². The van der Waals surface area contributed by atoms with Gasteiger partial charge in [-0.1, -0.05) is 6.07 Å². The summed E-state index contributed by atoms with van der Waals surface area (Å²) in [5.74, 6) is 0. The van der Waals surface area contributed by atoms with Crippen molar-refractivity contribution in [3.05, 3.63) is 34.9 Å². The first-order valence-electron chi connectivity index (χ1n) is 3.43. The molecule has 1 rings (SSSR count). The van der Waals surface area contributed by atoms with E-state index in [1.165, 1.54) is 12.1 Å². The summed E-state index contributed by atoms with van der Waals surface area (Å²) in [6.45, 7) is 1.69. The minimum atomic E-state index is -2.50. The van der Waals surface area contributed by atoms with Crippen LogP contribution in [-0.4, -0.2) is 0 Å². The van der Waals surface area contributed by atoms with Crippen molar-refractivity contribution < 1.29 is 8.78 Å². The molecule has 0 aliphatic heterocycles. The van der Waals surface area contributed by atoms with Gasteiger partial charge in [0.25, 0.3) is 6.43 Å². The molecule has 1 nitrogen and oxygen atoms in total. The van der Waals surface area contributed by atoms with Gasteiger partial charge in [0.15, 0.2) is 0 Å². The Hall–Kier alpha value is -1.43. The largest absolute Gasteiger partial charge is 0.263 e. The van der Waals surface area contributed by atoms with Crippen molar-refractivity contribution in [3.63, 3.8) is 0 Å². The molecule has 0 fully saturated rings. The fourth-order valence-electron chi connectivity index (χ4n) is 1.00. The average molecular weight is 167 g/mol. The van der Waals surface area contributed by atoms with E-state index in [2.05, 4.69) is 0 Å². The zero-order valence-corrected chi connectivity index (χ0v) is 6.51. The van der Waals surface area contributed by atoms with Crippen LogP contribution in [0.15, 0.2) is 18.2 Å². The van der Waals surface area contributed by atoms with Gasteiger partial charge in [-0.15, -0.1) is 0 Å². The molecule has 0 unspecified atom stereocenters. The zero-order chi connectivity index (χ0) is 9.14. The number of aryl methyl sites for hydroxylation is 1. The van der Waals surface area contributed by atoms with Crippen LogP contribution in [0.3, 0.4) is 0 Å². The lowest BCUT2D eigenvalue weighted by Crippen LogP contribution is -1.87. The van der Waals surface area contributed by atoms with Crippen molar-refractivity contribution in [3.8, 4) is 6.07 Å². The summed E-state index contributed by atoms with van der Waals surface area (Å²) in [6, 6.07) is 5.99. The lowest BCUT2D eigenvalue weighted by molar-refractivity contribution is 0.151. The Morgan fingerprint density at radius 1 is 1.33 bits per heavy atom. The van der Waals surface area contributed by atoms with Crippen molar-refractivity contribution in [2.24, 2.45) is 0 Å². The average Bonchev–Trinajstić information content (AvgIpc) is 2.03. The molecule has 1 aromatic carbocycles. The second kappa shape index (κ2) is 3.31. The summed E-state index contributed by atoms with van der Waals surface area (Å²) in [5.41, 5.74) is 0.876. The fourth-order valence-corrected chi connectivity index (χ4v) is 1.00. The Labute approximate surface area is 69.2 Å². The van der Waals surface area contributed by atoms with Crippen LogP contribution >= 0.6 is 0 Å². The molecule has 3 heteroatoms. The quantitative estimate of drug-likeness (QED) is 0.630. The SMILES string of the molecule is Cc1cc(C#N)cc(C(F)F)c1. The van der Waals surface area contributed by atoms with Crippen LogP contribution in [-0.2, 0) is 0 Å². The van der Waals surface area contributed by atoms with Crippen LogP contribution < -0.4 is 0 Å². The maximum Gasteiger partial charge on any atom is 0.263 e. The number of alkyl halides is 2. The van der Waals surface area contributed by atoms with E-state index in [1.807, 2.05) is 6.07 Å². The molecule has 0 saturated carbocycles. The number of hydrogen-bond donors (Lipinski definition) is 0. The van der Waals surface area contributed by atoms with Gasteiger partial charge in [0.05, 0.1) is 11.6 Å². The Bertz CT molecular complexity index is 326. The topological polar surface area (TPSA) is 23.8 Å². The van der Waals surface area contributed by atoms with Crippen LogP contribution in [0.4, 0.5) is 8.78 Å². The second-order valence-corrected chi connectivity index (χ2v) is 2.54. The Morgan fingerprint density at radius 2 is 2.00 bits per heavy atom. The molecule has 12 heavy (non-hydrogen) atoms. The van der Waals surface area contributed by atoms with Crippen molar-refractivity contribution in [2.45, 2.75) is 13.3 Å². The Morgan fingerprint density at radius 3 is 2.50 bits per heavy atom. The predicted octanol–water partition coefficient (Wildman–Crippen LogP) is 2.80. The molecule has 0 bridgehead atoms. The van der Waals surface area contributed by atoms with E-state index < -0.39 is 6.43 Å². The number of hydrogen-bond acceptors (Lipinski definition) is 1. The predicted molar refractivity (Wildman–Crippen MR) is 40.9 cm³/mol. The lowest BCUT2D eigenvalue weighted by atomic mass is 10.1. The summed E-state index contributed by atoms with van der Waals surface area (Å²) in [5, 5.41) is 8.47. The molecule has 0 amide bonds. The molecule has 62 valence electrons. The number of nitrogens with zero attached hydrogens (tertiary/aromatic N) is 1. The van der Waals surface area contributed by atoms with E-state index in [0.717, 1.165) is 0 Å². The molecule has 0 saturated heterocycles. The Balaban J connectivity index is 3.17. The van der Waals surface area contributed by atoms with Gasteiger partial charge in [0.1, 0.15) is 0 Å². The third-order valence-corrected chi connectivity index (χ3v) is 1.48. The van der Waals surface area contributed by atoms with E-state index in [4.69, 9.17) is 5.26 Å². The van der Waals surface area contributed by atoms with E-state index in [1.54, 1.807) is 13.0 Å². The standard InChI is InChI=1S/C9H7F2N/c1-6-2-7(5-12)4-8(3-6)9(10)11/h2-4,9H,1H3. The molecule has 1 aromatic rings. The maximum atomic E-state index is 12.2. The molecular weight excluding hydrogens is 160 g/mol. The van der Waals surface area contributed by atoms with Crippen molar-refractivity contribution in [2.75, 3.05) is 0 Å². The zero-order valence-electron chi connectivity index (χ0n) is 6.51. The first kappa shape index (κ1) is 8.66. The van der Waals surface area contributed by atoms with Gasteiger partial charge in [-0.25, -0.2) is 8.78 Å². The van der Waals surface area contributed by atoms with Crippen LogP contribution in [0.2, 0.25) is 0 Å². The van der Waals surface area contributed by atoms with E-state index in [0.29, 0.717) is 5.56 Å². The van der Waals surface area contributed by atoms with Gasteiger partial charge < -0.3 is 0 Å². The molecule has 0 aliphatic rings. The van der Waals surface area contributed by atoms with E-state index >= 15 is 0 Å². The normalized spacial score (nSPS) is 9.92. The molecule has 0 atom stereocenters. The molecule has 0 aromatic heterocycles. The molecule has 0 aliphatic carbocycles. The highest BCUT2D eigenvalue weighted by molar-refractivity contribution is 5.37. The fraction of sp³-hybridized carbons (Fsp3) is 0.222. The molecule has 0 radical (unpaired) electrons. The molecular formula is C9H7F2N. The second-order valence-electron chi connectivity index (χ2n) is 2.54. The molecule has 0 N–H and O–H groups in total. The van der Waals surface area contributed by atoms with E-state index in [-0.39, 0.29) is 11.1 Å². The van der Waals surface area contributed by atoms with Gasteiger partial charge in [-0.05, 0) is 24.6 Å². The third-order valence-electron chi connectivity index (χ3n) is 1.48. The van der Waals surface area contributed by atoms with Gasteiger partial charge in [-0.3, -0.25) is 0 Å². The smallest absolute Gasteiger partial charge is 0.205 e. The van der Waals surface area contributed by atoms with Crippen LogP contribution in [0, 0.1) is 18.3 Å². The number of benzene rings is 1. The first-order valence-corrected chi connectivity index (χ1v) is 3.43. The third kappa shape index (κ3) is 1.79. The van der Waals surface area contributed by atoms with Gasteiger partial charge >= 0.3 is 0 Å².